The Labute approximate surface area is 73.0 Å². The first-order valence-corrected chi connectivity index (χ1v) is 4.23. The minimum atomic E-state index is -0.925. The summed E-state index contributed by atoms with van der Waals surface area (Å²) >= 11 is 0. The molecule has 0 saturated carbocycles. The molecule has 1 aliphatic rings. The van der Waals surface area contributed by atoms with Gasteiger partial charge in [0.1, 0.15) is 0 Å². The number of hydrogen-bond acceptors (Lipinski definition) is 3. The predicted octanol–water partition coefficient (Wildman–Crippen LogP) is 1.08. The average molecular weight is 169 g/mol. The SMILES string of the molecule is CC(C)(O)C1(C#N)CCOCC1. The van der Waals surface area contributed by atoms with Crippen LogP contribution in [0.15, 0.2) is 0 Å². The van der Waals surface area contributed by atoms with Crippen LogP contribution in [0.25, 0.3) is 0 Å². The zero-order chi connectivity index (χ0) is 9.24. The summed E-state index contributed by atoms with van der Waals surface area (Å²) in [6, 6.07) is 2.23. The van der Waals surface area contributed by atoms with E-state index in [4.69, 9.17) is 10.00 Å². The van der Waals surface area contributed by atoms with E-state index in [2.05, 4.69) is 6.07 Å². The van der Waals surface area contributed by atoms with Crippen molar-refractivity contribution in [1.82, 2.24) is 0 Å². The molecule has 68 valence electrons. The molecule has 1 fully saturated rings. The summed E-state index contributed by atoms with van der Waals surface area (Å²) in [4.78, 5) is 0. The summed E-state index contributed by atoms with van der Waals surface area (Å²) < 4.78 is 5.16. The van der Waals surface area contributed by atoms with Gasteiger partial charge in [0.25, 0.3) is 0 Å². The molecule has 0 aromatic rings. The second-order valence-electron chi connectivity index (χ2n) is 3.87. The van der Waals surface area contributed by atoms with E-state index in [0.29, 0.717) is 26.1 Å². The molecule has 0 spiro atoms. The molecule has 1 saturated heterocycles. The second-order valence-corrected chi connectivity index (χ2v) is 3.87. The molecule has 3 nitrogen and oxygen atoms in total. The molecule has 1 rings (SSSR count). The van der Waals surface area contributed by atoms with Crippen molar-refractivity contribution in [2.75, 3.05) is 13.2 Å². The van der Waals surface area contributed by atoms with Gasteiger partial charge in [0, 0.05) is 13.2 Å². The van der Waals surface area contributed by atoms with Crippen LogP contribution >= 0.6 is 0 Å². The second kappa shape index (κ2) is 3.04. The normalized spacial score (nSPS) is 23.2. The predicted molar refractivity (Wildman–Crippen MR) is 44.4 cm³/mol. The van der Waals surface area contributed by atoms with Gasteiger partial charge in [-0.25, -0.2) is 0 Å². The Morgan fingerprint density at radius 3 is 2.17 bits per heavy atom. The van der Waals surface area contributed by atoms with Gasteiger partial charge < -0.3 is 9.84 Å². The van der Waals surface area contributed by atoms with Crippen molar-refractivity contribution >= 4 is 0 Å². The summed E-state index contributed by atoms with van der Waals surface area (Å²) in [7, 11) is 0. The van der Waals surface area contributed by atoms with Gasteiger partial charge in [0.05, 0.1) is 17.1 Å². The Morgan fingerprint density at radius 1 is 1.42 bits per heavy atom. The molecule has 0 aromatic carbocycles. The van der Waals surface area contributed by atoms with Gasteiger partial charge in [-0.05, 0) is 26.7 Å². The molecule has 1 heterocycles. The first-order chi connectivity index (χ1) is 5.52. The minimum Gasteiger partial charge on any atom is -0.389 e. The van der Waals surface area contributed by atoms with Gasteiger partial charge >= 0.3 is 0 Å². The number of ether oxygens (including phenoxy) is 1. The molecular weight excluding hydrogens is 154 g/mol. The van der Waals surface area contributed by atoms with Crippen LogP contribution in [0.1, 0.15) is 26.7 Å². The summed E-state index contributed by atoms with van der Waals surface area (Å²) in [6.45, 7) is 4.55. The number of rotatable bonds is 1. The molecule has 12 heavy (non-hydrogen) atoms. The maximum absolute atomic E-state index is 9.81. The lowest BCUT2D eigenvalue weighted by atomic mass is 9.69. The van der Waals surface area contributed by atoms with Gasteiger partial charge in [-0.1, -0.05) is 0 Å². The van der Waals surface area contributed by atoms with Gasteiger partial charge in [-0.15, -0.1) is 0 Å². The lowest BCUT2D eigenvalue weighted by Gasteiger charge is -2.40. The number of hydrogen-bond donors (Lipinski definition) is 1. The van der Waals surface area contributed by atoms with E-state index in [-0.39, 0.29) is 0 Å². The number of aliphatic hydroxyl groups is 1. The van der Waals surface area contributed by atoms with Crippen LogP contribution in [0, 0.1) is 16.7 Å². The molecule has 0 radical (unpaired) electrons. The van der Waals surface area contributed by atoms with Crippen LogP contribution < -0.4 is 0 Å². The Kier molecular flexibility index (Phi) is 2.41. The summed E-state index contributed by atoms with van der Waals surface area (Å²) in [6.07, 6.45) is 1.26. The highest BCUT2D eigenvalue weighted by Gasteiger charge is 2.45. The molecule has 0 unspecified atom stereocenters. The molecule has 0 aromatic heterocycles. The van der Waals surface area contributed by atoms with Gasteiger partial charge in [0.15, 0.2) is 0 Å². The monoisotopic (exact) mass is 169 g/mol. The third-order valence-corrected chi connectivity index (χ3v) is 2.73. The van der Waals surface area contributed by atoms with E-state index in [1.54, 1.807) is 13.8 Å². The maximum Gasteiger partial charge on any atom is 0.0898 e. The topological polar surface area (TPSA) is 53.2 Å². The zero-order valence-corrected chi connectivity index (χ0v) is 7.63. The average Bonchev–Trinajstić information content (AvgIpc) is 2.04. The number of nitriles is 1. The van der Waals surface area contributed by atoms with Crippen LogP contribution in [-0.4, -0.2) is 23.9 Å². The molecule has 1 N–H and O–H groups in total. The summed E-state index contributed by atoms with van der Waals surface area (Å²) in [5.41, 5.74) is -1.53. The van der Waals surface area contributed by atoms with E-state index in [1.807, 2.05) is 0 Å². The van der Waals surface area contributed by atoms with Crippen molar-refractivity contribution < 1.29 is 9.84 Å². The molecular formula is C9H15NO2. The lowest BCUT2D eigenvalue weighted by molar-refractivity contribution is -0.0808. The Balaban J connectivity index is 2.83. The van der Waals surface area contributed by atoms with Crippen molar-refractivity contribution in [2.45, 2.75) is 32.3 Å². The fourth-order valence-electron chi connectivity index (χ4n) is 1.58. The highest BCUT2D eigenvalue weighted by atomic mass is 16.5. The van der Waals surface area contributed by atoms with Crippen LogP contribution in [0.4, 0.5) is 0 Å². The zero-order valence-electron chi connectivity index (χ0n) is 7.63. The molecule has 1 aliphatic heterocycles. The summed E-state index contributed by atoms with van der Waals surface area (Å²) in [5.74, 6) is 0. The first kappa shape index (κ1) is 9.50. The van der Waals surface area contributed by atoms with Crippen LogP contribution in [0.3, 0.4) is 0 Å². The van der Waals surface area contributed by atoms with E-state index in [0.717, 1.165) is 0 Å². The lowest BCUT2D eigenvalue weighted by Crippen LogP contribution is -2.46. The van der Waals surface area contributed by atoms with Crippen molar-refractivity contribution in [3.8, 4) is 6.07 Å². The van der Waals surface area contributed by atoms with Crippen LogP contribution in [0.5, 0.6) is 0 Å². The smallest absolute Gasteiger partial charge is 0.0898 e. The van der Waals surface area contributed by atoms with Crippen molar-refractivity contribution in [3.05, 3.63) is 0 Å². The molecule has 0 atom stereocenters. The van der Waals surface area contributed by atoms with Gasteiger partial charge in [-0.3, -0.25) is 0 Å². The van der Waals surface area contributed by atoms with Crippen LogP contribution in [-0.2, 0) is 4.74 Å². The Bertz CT molecular complexity index is 194. The molecule has 0 aliphatic carbocycles. The fourth-order valence-corrected chi connectivity index (χ4v) is 1.58. The Morgan fingerprint density at radius 2 is 1.92 bits per heavy atom. The highest BCUT2D eigenvalue weighted by molar-refractivity contribution is 5.09. The maximum atomic E-state index is 9.81. The van der Waals surface area contributed by atoms with Gasteiger partial charge in [0.2, 0.25) is 0 Å². The minimum absolute atomic E-state index is 0.581. The largest absolute Gasteiger partial charge is 0.389 e. The number of nitrogens with zero attached hydrogens (tertiary/aromatic N) is 1. The third kappa shape index (κ3) is 1.45. The summed E-state index contributed by atoms with van der Waals surface area (Å²) in [5, 5.41) is 18.8. The van der Waals surface area contributed by atoms with Crippen molar-refractivity contribution in [1.29, 1.82) is 5.26 Å². The van der Waals surface area contributed by atoms with E-state index < -0.39 is 11.0 Å². The molecule has 3 heteroatoms. The standard InChI is InChI=1S/C9H15NO2/c1-8(2,11)9(7-10)3-5-12-6-4-9/h11H,3-6H2,1-2H3. The third-order valence-electron chi connectivity index (χ3n) is 2.73. The van der Waals surface area contributed by atoms with Crippen LogP contribution in [0.2, 0.25) is 0 Å². The van der Waals surface area contributed by atoms with E-state index in [1.165, 1.54) is 0 Å². The highest BCUT2D eigenvalue weighted by Crippen LogP contribution is 2.39. The molecule has 0 amide bonds. The van der Waals surface area contributed by atoms with Gasteiger partial charge in [-0.2, -0.15) is 5.26 Å². The van der Waals surface area contributed by atoms with Crippen molar-refractivity contribution in [2.24, 2.45) is 5.41 Å². The fraction of sp³-hybridized carbons (Fsp3) is 0.889. The molecule has 0 bridgehead atoms. The van der Waals surface area contributed by atoms with E-state index >= 15 is 0 Å². The van der Waals surface area contributed by atoms with E-state index in [9.17, 15) is 5.11 Å². The first-order valence-electron chi connectivity index (χ1n) is 4.23. The van der Waals surface area contributed by atoms with Crippen molar-refractivity contribution in [3.63, 3.8) is 0 Å². The quantitative estimate of drug-likeness (QED) is 0.639. The Hall–Kier alpha value is -0.590.